The topological polar surface area (TPSA) is 44.2 Å². The molecule has 63 valence electrons. The maximum absolute atomic E-state index is 5.43. The van der Waals surface area contributed by atoms with Crippen LogP contribution in [0, 0.1) is 6.33 Å². The second-order valence-electron chi connectivity index (χ2n) is 2.52. The molecule has 0 bridgehead atoms. The van der Waals surface area contributed by atoms with Gasteiger partial charge in [-0.25, -0.2) is 9.97 Å². The molecule has 1 aromatic rings. The maximum atomic E-state index is 5.43. The molecule has 0 spiro atoms. The third kappa shape index (κ3) is 1.60. The van der Waals surface area contributed by atoms with Crippen LogP contribution in [0.25, 0.3) is 0 Å². The molecule has 1 aliphatic heterocycles. The summed E-state index contributed by atoms with van der Waals surface area (Å²) >= 11 is 0. The van der Waals surface area contributed by atoms with Crippen molar-refractivity contribution in [2.75, 3.05) is 19.8 Å². The molecule has 1 aromatic heterocycles. The van der Waals surface area contributed by atoms with E-state index in [2.05, 4.69) is 16.3 Å². The molecule has 1 atom stereocenters. The van der Waals surface area contributed by atoms with Gasteiger partial charge in [0.05, 0.1) is 25.5 Å². The molecule has 4 heteroatoms. The Balaban J connectivity index is 2.08. The summed E-state index contributed by atoms with van der Waals surface area (Å²) in [5, 5.41) is 0. The van der Waals surface area contributed by atoms with E-state index < -0.39 is 0 Å². The number of aromatic nitrogens is 2. The summed E-state index contributed by atoms with van der Waals surface area (Å²) in [7, 11) is 0. The quantitative estimate of drug-likeness (QED) is 0.602. The van der Waals surface area contributed by atoms with Gasteiger partial charge in [-0.2, -0.15) is 0 Å². The van der Waals surface area contributed by atoms with E-state index >= 15 is 0 Å². The molecule has 2 heterocycles. The van der Waals surface area contributed by atoms with Crippen LogP contribution in [0.3, 0.4) is 0 Å². The molecule has 12 heavy (non-hydrogen) atoms. The Labute approximate surface area is 70.6 Å². The van der Waals surface area contributed by atoms with E-state index in [1.165, 1.54) is 0 Å². The van der Waals surface area contributed by atoms with Crippen LogP contribution in [0.5, 0.6) is 0 Å². The highest BCUT2D eigenvalue weighted by Crippen LogP contribution is 2.16. The Morgan fingerprint density at radius 2 is 2.50 bits per heavy atom. The van der Waals surface area contributed by atoms with Crippen molar-refractivity contribution in [2.24, 2.45) is 0 Å². The van der Waals surface area contributed by atoms with Crippen LogP contribution in [-0.2, 0) is 9.47 Å². The lowest BCUT2D eigenvalue weighted by atomic mass is 10.2. The average molecular weight is 165 g/mol. The zero-order valence-corrected chi connectivity index (χ0v) is 6.56. The third-order valence-corrected chi connectivity index (χ3v) is 1.70. The summed E-state index contributed by atoms with van der Waals surface area (Å²) in [6.45, 7) is 1.88. The average Bonchev–Trinajstić information content (AvgIpc) is 2.21. The van der Waals surface area contributed by atoms with Crippen molar-refractivity contribution in [1.82, 2.24) is 9.97 Å². The summed E-state index contributed by atoms with van der Waals surface area (Å²) in [4.78, 5) is 7.67. The fourth-order valence-electron chi connectivity index (χ4n) is 1.11. The summed E-state index contributed by atoms with van der Waals surface area (Å²) in [6, 6.07) is 1.82. The highest BCUT2D eigenvalue weighted by atomic mass is 16.6. The van der Waals surface area contributed by atoms with Crippen molar-refractivity contribution in [1.29, 1.82) is 0 Å². The van der Waals surface area contributed by atoms with Gasteiger partial charge in [0.15, 0.2) is 6.33 Å². The number of rotatable bonds is 1. The fourth-order valence-corrected chi connectivity index (χ4v) is 1.11. The largest absolute Gasteiger partial charge is 0.376 e. The minimum atomic E-state index is -0.0435. The van der Waals surface area contributed by atoms with Gasteiger partial charge in [-0.05, 0) is 6.07 Å². The van der Waals surface area contributed by atoms with Crippen molar-refractivity contribution in [3.8, 4) is 0 Å². The summed E-state index contributed by atoms with van der Waals surface area (Å²) in [6.07, 6.45) is 4.13. The van der Waals surface area contributed by atoms with Crippen LogP contribution in [-0.4, -0.2) is 29.8 Å². The molecular weight excluding hydrogens is 156 g/mol. The molecule has 0 amide bonds. The summed E-state index contributed by atoms with van der Waals surface area (Å²) in [5.41, 5.74) is 0.838. The molecule has 1 aliphatic rings. The highest BCUT2D eigenvalue weighted by Gasteiger charge is 2.17. The van der Waals surface area contributed by atoms with Crippen molar-refractivity contribution >= 4 is 0 Å². The molecule has 0 N–H and O–H groups in total. The molecule has 1 radical (unpaired) electrons. The minimum absolute atomic E-state index is 0.0435. The molecule has 1 saturated heterocycles. The van der Waals surface area contributed by atoms with Crippen LogP contribution in [0.1, 0.15) is 11.8 Å². The van der Waals surface area contributed by atoms with Gasteiger partial charge < -0.3 is 9.47 Å². The van der Waals surface area contributed by atoms with E-state index in [1.54, 1.807) is 6.20 Å². The Kier molecular flexibility index (Phi) is 2.29. The van der Waals surface area contributed by atoms with E-state index in [9.17, 15) is 0 Å². The van der Waals surface area contributed by atoms with Crippen LogP contribution in [0.4, 0.5) is 0 Å². The van der Waals surface area contributed by atoms with Gasteiger partial charge in [0.25, 0.3) is 0 Å². The Hall–Kier alpha value is -1.00. The van der Waals surface area contributed by atoms with Gasteiger partial charge in [-0.15, -0.1) is 0 Å². The van der Waals surface area contributed by atoms with Crippen LogP contribution in [0.15, 0.2) is 12.3 Å². The lowest BCUT2D eigenvalue weighted by molar-refractivity contribution is -0.0918. The fraction of sp³-hybridized carbons (Fsp3) is 0.500. The van der Waals surface area contributed by atoms with Crippen LogP contribution in [0.2, 0.25) is 0 Å². The first-order valence-corrected chi connectivity index (χ1v) is 3.85. The van der Waals surface area contributed by atoms with Crippen LogP contribution < -0.4 is 0 Å². The number of hydrogen-bond donors (Lipinski definition) is 0. The van der Waals surface area contributed by atoms with Crippen molar-refractivity contribution in [3.05, 3.63) is 24.3 Å². The molecule has 1 unspecified atom stereocenters. The Morgan fingerprint density at radius 3 is 3.17 bits per heavy atom. The molecule has 4 nitrogen and oxygen atoms in total. The number of nitrogens with zero attached hydrogens (tertiary/aromatic N) is 2. The zero-order valence-electron chi connectivity index (χ0n) is 6.56. The molecule has 0 aromatic carbocycles. The number of hydrogen-bond acceptors (Lipinski definition) is 4. The highest BCUT2D eigenvalue weighted by molar-refractivity contribution is 5.02. The zero-order chi connectivity index (χ0) is 8.23. The first kappa shape index (κ1) is 7.64. The van der Waals surface area contributed by atoms with E-state index in [0.717, 1.165) is 5.69 Å². The SMILES string of the molecule is [c]1nccc(C2COCCO2)n1. The van der Waals surface area contributed by atoms with E-state index in [-0.39, 0.29) is 6.10 Å². The lowest BCUT2D eigenvalue weighted by Gasteiger charge is -2.21. The molecule has 2 rings (SSSR count). The van der Waals surface area contributed by atoms with E-state index in [1.807, 2.05) is 6.07 Å². The van der Waals surface area contributed by atoms with Gasteiger partial charge in [0, 0.05) is 6.20 Å². The van der Waals surface area contributed by atoms with Crippen molar-refractivity contribution in [2.45, 2.75) is 6.10 Å². The monoisotopic (exact) mass is 165 g/mol. The minimum Gasteiger partial charge on any atom is -0.376 e. The van der Waals surface area contributed by atoms with Gasteiger partial charge in [0.1, 0.15) is 6.10 Å². The van der Waals surface area contributed by atoms with Gasteiger partial charge >= 0.3 is 0 Å². The Bertz CT molecular complexity index is 234. The van der Waals surface area contributed by atoms with Crippen molar-refractivity contribution in [3.63, 3.8) is 0 Å². The van der Waals surface area contributed by atoms with E-state index in [4.69, 9.17) is 9.47 Å². The normalized spacial score (nSPS) is 23.8. The maximum Gasteiger partial charge on any atom is 0.198 e. The standard InChI is InChI=1S/C8H9N2O2/c1-2-9-6-10-7(1)8-5-11-3-4-12-8/h1-2,8H,3-5H2. The first-order chi connectivity index (χ1) is 5.97. The first-order valence-electron chi connectivity index (χ1n) is 3.85. The second kappa shape index (κ2) is 3.60. The summed E-state index contributed by atoms with van der Waals surface area (Å²) < 4.78 is 10.7. The summed E-state index contributed by atoms with van der Waals surface area (Å²) in [5.74, 6) is 0. The predicted molar refractivity (Wildman–Crippen MR) is 40.4 cm³/mol. The molecule has 0 aliphatic carbocycles. The van der Waals surface area contributed by atoms with E-state index in [0.29, 0.717) is 19.8 Å². The molecular formula is C8H9N2O2. The lowest BCUT2D eigenvalue weighted by Crippen LogP contribution is -2.22. The van der Waals surface area contributed by atoms with Gasteiger partial charge in [-0.1, -0.05) is 0 Å². The van der Waals surface area contributed by atoms with Crippen molar-refractivity contribution < 1.29 is 9.47 Å². The third-order valence-electron chi connectivity index (χ3n) is 1.70. The smallest absolute Gasteiger partial charge is 0.198 e. The predicted octanol–water partition coefficient (Wildman–Crippen LogP) is 0.365. The Morgan fingerprint density at radius 1 is 1.50 bits per heavy atom. The molecule has 1 fully saturated rings. The van der Waals surface area contributed by atoms with Gasteiger partial charge in [-0.3, -0.25) is 0 Å². The molecule has 0 saturated carbocycles. The number of ether oxygens (including phenoxy) is 2. The van der Waals surface area contributed by atoms with Gasteiger partial charge in [0.2, 0.25) is 0 Å². The van der Waals surface area contributed by atoms with Crippen LogP contribution >= 0.6 is 0 Å². The second-order valence-corrected chi connectivity index (χ2v) is 2.52.